The third-order valence-electron chi connectivity index (χ3n) is 4.35. The number of primary amides is 1. The molecular formula is C19H17N5O4S3. The average Bonchev–Trinajstić information content (AvgIpc) is 3.38. The van der Waals surface area contributed by atoms with Gasteiger partial charge in [0.2, 0.25) is 10.9 Å². The lowest BCUT2D eigenvalue weighted by Gasteiger charge is -2.06. The fourth-order valence-electron chi connectivity index (χ4n) is 3.03. The highest BCUT2D eigenvalue weighted by atomic mass is 32.2. The van der Waals surface area contributed by atoms with Crippen LogP contribution in [0.1, 0.15) is 32.5 Å². The Balaban J connectivity index is 1.54. The van der Waals surface area contributed by atoms with Crippen LogP contribution in [0.15, 0.2) is 29.4 Å². The van der Waals surface area contributed by atoms with E-state index in [0.717, 1.165) is 26.5 Å². The number of para-hydroxylation sites is 1. The van der Waals surface area contributed by atoms with Crippen molar-refractivity contribution in [2.24, 2.45) is 5.73 Å². The lowest BCUT2D eigenvalue weighted by molar-refractivity contribution is -0.113. The Morgan fingerprint density at radius 3 is 2.74 bits per heavy atom. The van der Waals surface area contributed by atoms with Crippen LogP contribution in [0.5, 0.6) is 0 Å². The van der Waals surface area contributed by atoms with Gasteiger partial charge in [-0.15, -0.1) is 21.5 Å². The standard InChI is InChI=1S/C19H17N5O4S3/c1-3-28-17(27)13-9(2)14(15(20)26)31-16(13)21-12(25)8-29-18-22-23-19-24(18)10-6-4-5-7-11(10)30-19/h4-7H,3,8H2,1-2H3,(H2,20,26)(H,21,25). The molecule has 0 radical (unpaired) electrons. The van der Waals surface area contributed by atoms with E-state index in [9.17, 15) is 14.4 Å². The predicted molar refractivity (Wildman–Crippen MR) is 121 cm³/mol. The molecule has 3 N–H and O–H groups in total. The molecule has 4 aromatic rings. The number of carbonyl (C=O) groups is 3. The van der Waals surface area contributed by atoms with Crippen LogP contribution in [0, 0.1) is 6.92 Å². The molecule has 2 amide bonds. The summed E-state index contributed by atoms with van der Waals surface area (Å²) >= 11 is 3.70. The van der Waals surface area contributed by atoms with Crippen LogP contribution < -0.4 is 11.1 Å². The van der Waals surface area contributed by atoms with Gasteiger partial charge < -0.3 is 15.8 Å². The Bertz CT molecular complexity index is 1320. The maximum Gasteiger partial charge on any atom is 0.341 e. The van der Waals surface area contributed by atoms with Gasteiger partial charge in [-0.1, -0.05) is 35.2 Å². The van der Waals surface area contributed by atoms with E-state index < -0.39 is 11.9 Å². The first-order valence-corrected chi connectivity index (χ1v) is 11.8. The predicted octanol–water partition coefficient (Wildman–Crippen LogP) is 3.32. The van der Waals surface area contributed by atoms with Gasteiger partial charge in [0, 0.05) is 0 Å². The van der Waals surface area contributed by atoms with Gasteiger partial charge in [0.05, 0.1) is 33.0 Å². The first-order chi connectivity index (χ1) is 14.9. The number of amides is 2. The Hall–Kier alpha value is -2.96. The van der Waals surface area contributed by atoms with Crippen molar-refractivity contribution in [2.45, 2.75) is 19.0 Å². The monoisotopic (exact) mass is 475 g/mol. The van der Waals surface area contributed by atoms with E-state index in [4.69, 9.17) is 10.5 Å². The minimum atomic E-state index is -0.668. The van der Waals surface area contributed by atoms with E-state index in [2.05, 4.69) is 15.5 Å². The van der Waals surface area contributed by atoms with E-state index in [0.29, 0.717) is 10.7 Å². The number of rotatable bonds is 7. The number of fused-ring (bicyclic) bond motifs is 3. The molecule has 0 aliphatic carbocycles. The van der Waals surface area contributed by atoms with Crippen LogP contribution in [-0.4, -0.2) is 44.7 Å². The summed E-state index contributed by atoms with van der Waals surface area (Å²) in [5.41, 5.74) is 6.91. The molecule has 9 nitrogen and oxygen atoms in total. The van der Waals surface area contributed by atoms with Gasteiger partial charge >= 0.3 is 5.97 Å². The second-order valence-corrected chi connectivity index (χ2v) is 9.32. The normalized spacial score (nSPS) is 11.2. The molecule has 0 saturated carbocycles. The molecule has 0 fully saturated rings. The zero-order chi connectivity index (χ0) is 22.1. The number of thioether (sulfide) groups is 1. The van der Waals surface area contributed by atoms with Crippen molar-refractivity contribution in [3.05, 3.63) is 40.3 Å². The molecule has 0 saturated heterocycles. The number of nitrogens with one attached hydrogen (secondary N) is 1. The number of carbonyl (C=O) groups excluding carboxylic acids is 3. The van der Waals surface area contributed by atoms with Crippen LogP contribution in [0.3, 0.4) is 0 Å². The number of ether oxygens (including phenoxy) is 1. The number of thiazole rings is 1. The van der Waals surface area contributed by atoms with E-state index >= 15 is 0 Å². The smallest absolute Gasteiger partial charge is 0.341 e. The Kier molecular flexibility index (Phi) is 5.94. The van der Waals surface area contributed by atoms with E-state index in [1.165, 1.54) is 23.1 Å². The zero-order valence-electron chi connectivity index (χ0n) is 16.5. The number of hydrogen-bond acceptors (Lipinski definition) is 9. The van der Waals surface area contributed by atoms with Crippen LogP contribution in [0.4, 0.5) is 5.00 Å². The molecule has 31 heavy (non-hydrogen) atoms. The molecule has 0 atom stereocenters. The highest BCUT2D eigenvalue weighted by molar-refractivity contribution is 7.99. The number of esters is 1. The molecule has 3 aromatic heterocycles. The maximum atomic E-state index is 12.6. The molecule has 12 heteroatoms. The summed E-state index contributed by atoms with van der Waals surface area (Å²) in [6.07, 6.45) is 0. The zero-order valence-corrected chi connectivity index (χ0v) is 18.9. The fraction of sp³-hybridized carbons (Fsp3) is 0.211. The molecule has 160 valence electrons. The second kappa shape index (κ2) is 8.65. The number of thiophene rings is 1. The molecule has 0 spiro atoms. The summed E-state index contributed by atoms with van der Waals surface area (Å²) in [4.78, 5) is 37.6. The summed E-state index contributed by atoms with van der Waals surface area (Å²) in [6, 6.07) is 7.86. The van der Waals surface area contributed by atoms with Crippen molar-refractivity contribution in [1.29, 1.82) is 0 Å². The fourth-order valence-corrected chi connectivity index (χ4v) is 5.86. The molecular weight excluding hydrogens is 458 g/mol. The van der Waals surface area contributed by atoms with Gasteiger partial charge in [0.25, 0.3) is 5.91 Å². The maximum absolute atomic E-state index is 12.6. The Morgan fingerprint density at radius 2 is 2.00 bits per heavy atom. The summed E-state index contributed by atoms with van der Waals surface area (Å²) < 4.78 is 8.04. The number of benzene rings is 1. The van der Waals surface area contributed by atoms with Crippen molar-refractivity contribution < 1.29 is 19.1 Å². The third kappa shape index (κ3) is 4.01. The molecule has 0 aliphatic heterocycles. The van der Waals surface area contributed by atoms with E-state index in [1.54, 1.807) is 13.8 Å². The summed E-state index contributed by atoms with van der Waals surface area (Å²) in [5, 5.41) is 11.9. The molecule has 4 rings (SSSR count). The van der Waals surface area contributed by atoms with Gasteiger partial charge in [-0.3, -0.25) is 14.0 Å². The third-order valence-corrected chi connectivity index (χ3v) is 7.51. The lowest BCUT2D eigenvalue weighted by Crippen LogP contribution is -2.16. The number of anilines is 1. The Morgan fingerprint density at radius 1 is 1.23 bits per heavy atom. The molecule has 3 heterocycles. The first kappa shape index (κ1) is 21.3. The van der Waals surface area contributed by atoms with Crippen LogP contribution in [0.25, 0.3) is 15.2 Å². The quantitative estimate of drug-likeness (QED) is 0.310. The lowest BCUT2D eigenvalue weighted by atomic mass is 10.1. The molecule has 1 aromatic carbocycles. The average molecular weight is 476 g/mol. The van der Waals surface area contributed by atoms with Crippen molar-refractivity contribution in [3.8, 4) is 0 Å². The topological polar surface area (TPSA) is 129 Å². The van der Waals surface area contributed by atoms with Crippen molar-refractivity contribution in [3.63, 3.8) is 0 Å². The summed E-state index contributed by atoms with van der Waals surface area (Å²) in [6.45, 7) is 3.44. The van der Waals surface area contributed by atoms with Gasteiger partial charge in [-0.25, -0.2) is 4.79 Å². The van der Waals surface area contributed by atoms with Gasteiger partial charge in [-0.2, -0.15) is 0 Å². The summed E-state index contributed by atoms with van der Waals surface area (Å²) in [7, 11) is 0. The minimum Gasteiger partial charge on any atom is -0.462 e. The van der Waals surface area contributed by atoms with Crippen LogP contribution >= 0.6 is 34.4 Å². The molecule has 0 aliphatic rings. The van der Waals surface area contributed by atoms with Crippen molar-refractivity contribution in [1.82, 2.24) is 14.6 Å². The highest BCUT2D eigenvalue weighted by Crippen LogP contribution is 2.34. The van der Waals surface area contributed by atoms with Gasteiger partial charge in [0.15, 0.2) is 5.16 Å². The van der Waals surface area contributed by atoms with Crippen LogP contribution in [0.2, 0.25) is 0 Å². The molecule has 0 unspecified atom stereocenters. The highest BCUT2D eigenvalue weighted by Gasteiger charge is 2.26. The first-order valence-electron chi connectivity index (χ1n) is 9.16. The number of aromatic nitrogens is 3. The van der Waals surface area contributed by atoms with E-state index in [-0.39, 0.29) is 33.7 Å². The number of nitrogens with zero attached hydrogens (tertiary/aromatic N) is 3. The van der Waals surface area contributed by atoms with Crippen molar-refractivity contribution in [2.75, 3.05) is 17.7 Å². The number of nitrogens with two attached hydrogens (primary N) is 1. The second-order valence-electron chi connectivity index (χ2n) is 6.35. The Labute approximate surface area is 188 Å². The van der Waals surface area contributed by atoms with Crippen LogP contribution in [-0.2, 0) is 9.53 Å². The van der Waals surface area contributed by atoms with Gasteiger partial charge in [0.1, 0.15) is 5.00 Å². The largest absolute Gasteiger partial charge is 0.462 e. The summed E-state index contributed by atoms with van der Waals surface area (Å²) in [5.74, 6) is -1.60. The van der Waals surface area contributed by atoms with Gasteiger partial charge in [-0.05, 0) is 31.5 Å². The SMILES string of the molecule is CCOC(=O)c1c(NC(=O)CSc2nnc3sc4ccccc4n23)sc(C(N)=O)c1C. The van der Waals surface area contributed by atoms with E-state index in [1.807, 2.05) is 28.7 Å². The number of hydrogen-bond donors (Lipinski definition) is 2. The van der Waals surface area contributed by atoms with Crippen molar-refractivity contribution >= 4 is 72.4 Å². The minimum absolute atomic E-state index is 0.0378. The molecule has 0 bridgehead atoms.